The highest BCUT2D eigenvalue weighted by molar-refractivity contribution is 6.04. The number of amides is 1. The van der Waals surface area contributed by atoms with Crippen LogP contribution in [0.15, 0.2) is 36.5 Å². The fourth-order valence-electron chi connectivity index (χ4n) is 2.67. The van der Waals surface area contributed by atoms with E-state index in [2.05, 4.69) is 20.6 Å². The number of nitrogens with zero attached hydrogens (tertiary/aromatic N) is 2. The number of carbonyl (C=O) groups excluding carboxylic acids is 1. The zero-order valence-corrected chi connectivity index (χ0v) is 13.9. The number of benzene rings is 1. The molecule has 1 atom stereocenters. The standard InChI is InChI=1S/C17H20N4O.ClH/c1-12-14(17(22)21-13-7-3-2-4-8-13)11-19-16(20-12)15-9-5-6-10-18-15;/h2-4,7-8,11,15,18H,5-6,9-10H2,1H3,(H,21,22);1H. The molecule has 122 valence electrons. The van der Waals surface area contributed by atoms with Gasteiger partial charge >= 0.3 is 0 Å². The van der Waals surface area contributed by atoms with Crippen LogP contribution >= 0.6 is 12.4 Å². The Kier molecular flexibility index (Phi) is 6.07. The topological polar surface area (TPSA) is 66.9 Å². The molecule has 0 bridgehead atoms. The highest BCUT2D eigenvalue weighted by atomic mass is 35.5. The van der Waals surface area contributed by atoms with E-state index >= 15 is 0 Å². The zero-order chi connectivity index (χ0) is 15.4. The van der Waals surface area contributed by atoms with Crippen LogP contribution in [0.3, 0.4) is 0 Å². The fraction of sp³-hybridized carbons (Fsp3) is 0.353. The van der Waals surface area contributed by atoms with E-state index in [1.165, 1.54) is 12.8 Å². The Balaban J connectivity index is 0.00000192. The van der Waals surface area contributed by atoms with Crippen molar-refractivity contribution in [1.29, 1.82) is 0 Å². The Morgan fingerprint density at radius 2 is 2.04 bits per heavy atom. The van der Waals surface area contributed by atoms with Gasteiger partial charge in [0.15, 0.2) is 0 Å². The van der Waals surface area contributed by atoms with E-state index in [0.717, 1.165) is 24.5 Å². The van der Waals surface area contributed by atoms with Crippen LogP contribution in [-0.2, 0) is 0 Å². The monoisotopic (exact) mass is 332 g/mol. The summed E-state index contributed by atoms with van der Waals surface area (Å²) in [5.41, 5.74) is 2.00. The molecule has 0 radical (unpaired) electrons. The summed E-state index contributed by atoms with van der Waals surface area (Å²) in [6.45, 7) is 2.86. The van der Waals surface area contributed by atoms with Crippen molar-refractivity contribution < 1.29 is 4.79 Å². The Morgan fingerprint density at radius 3 is 2.70 bits per heavy atom. The number of hydrogen-bond acceptors (Lipinski definition) is 4. The van der Waals surface area contributed by atoms with Crippen molar-refractivity contribution in [1.82, 2.24) is 15.3 Å². The summed E-state index contributed by atoms with van der Waals surface area (Å²) in [7, 11) is 0. The lowest BCUT2D eigenvalue weighted by Crippen LogP contribution is -2.29. The van der Waals surface area contributed by atoms with Crippen molar-refractivity contribution in [2.45, 2.75) is 32.2 Å². The van der Waals surface area contributed by atoms with Gasteiger partial charge in [0.1, 0.15) is 5.82 Å². The molecule has 6 heteroatoms. The maximum atomic E-state index is 12.3. The first-order valence-electron chi connectivity index (χ1n) is 7.67. The number of halogens is 1. The van der Waals surface area contributed by atoms with E-state index in [-0.39, 0.29) is 24.4 Å². The van der Waals surface area contributed by atoms with Crippen LogP contribution in [-0.4, -0.2) is 22.4 Å². The Hall–Kier alpha value is -1.98. The number of aromatic nitrogens is 2. The summed E-state index contributed by atoms with van der Waals surface area (Å²) in [4.78, 5) is 21.2. The van der Waals surface area contributed by atoms with Crippen molar-refractivity contribution in [3.63, 3.8) is 0 Å². The minimum Gasteiger partial charge on any atom is -0.322 e. The van der Waals surface area contributed by atoms with E-state index in [1.54, 1.807) is 6.20 Å². The molecule has 1 aromatic carbocycles. The highest BCUT2D eigenvalue weighted by Gasteiger charge is 2.19. The second kappa shape index (κ2) is 8.04. The molecule has 1 fully saturated rings. The lowest BCUT2D eigenvalue weighted by Gasteiger charge is -2.22. The summed E-state index contributed by atoms with van der Waals surface area (Å²) in [5, 5.41) is 6.29. The molecule has 0 aliphatic carbocycles. The van der Waals surface area contributed by atoms with Gasteiger partial charge in [0, 0.05) is 11.9 Å². The number of hydrogen-bond donors (Lipinski definition) is 2. The van der Waals surface area contributed by atoms with E-state index in [9.17, 15) is 4.79 Å². The van der Waals surface area contributed by atoms with Gasteiger partial charge in [0.25, 0.3) is 5.91 Å². The van der Waals surface area contributed by atoms with E-state index in [1.807, 2.05) is 37.3 Å². The van der Waals surface area contributed by atoms with E-state index in [4.69, 9.17) is 0 Å². The first-order valence-corrected chi connectivity index (χ1v) is 7.67. The third-order valence-corrected chi connectivity index (χ3v) is 3.90. The molecule has 1 saturated heterocycles. The van der Waals surface area contributed by atoms with Crippen molar-refractivity contribution in [3.8, 4) is 0 Å². The summed E-state index contributed by atoms with van der Waals surface area (Å²) in [6, 6.07) is 9.60. The predicted molar refractivity (Wildman–Crippen MR) is 93.0 cm³/mol. The van der Waals surface area contributed by atoms with Gasteiger partial charge < -0.3 is 10.6 Å². The average molecular weight is 333 g/mol. The molecule has 1 unspecified atom stereocenters. The SMILES string of the molecule is Cc1nc(C2CCCCN2)ncc1C(=O)Nc1ccccc1.Cl. The maximum Gasteiger partial charge on any atom is 0.259 e. The first-order chi connectivity index (χ1) is 10.7. The molecule has 2 N–H and O–H groups in total. The van der Waals surface area contributed by atoms with Gasteiger partial charge in [-0.2, -0.15) is 0 Å². The normalized spacial score (nSPS) is 17.2. The number of para-hydroxylation sites is 1. The number of piperidine rings is 1. The molecule has 1 aliphatic rings. The summed E-state index contributed by atoms with van der Waals surface area (Å²) < 4.78 is 0. The molecule has 1 amide bonds. The van der Waals surface area contributed by atoms with Gasteiger partial charge in [0.05, 0.1) is 17.3 Å². The summed E-state index contributed by atoms with van der Waals surface area (Å²) >= 11 is 0. The Morgan fingerprint density at radius 1 is 1.26 bits per heavy atom. The molecular formula is C17H21ClN4O. The first kappa shape index (κ1) is 17.4. The molecule has 5 nitrogen and oxygen atoms in total. The average Bonchev–Trinajstić information content (AvgIpc) is 2.56. The molecule has 2 heterocycles. The number of carbonyl (C=O) groups is 1. The van der Waals surface area contributed by atoms with Crippen molar-refractivity contribution >= 4 is 24.0 Å². The summed E-state index contributed by atoms with van der Waals surface area (Å²) in [6.07, 6.45) is 5.07. The molecule has 1 aliphatic heterocycles. The van der Waals surface area contributed by atoms with Crippen LogP contribution in [0.25, 0.3) is 0 Å². The van der Waals surface area contributed by atoms with Gasteiger partial charge in [-0.05, 0) is 38.4 Å². The largest absolute Gasteiger partial charge is 0.322 e. The summed E-state index contributed by atoms with van der Waals surface area (Å²) in [5.74, 6) is 0.611. The fourth-order valence-corrected chi connectivity index (χ4v) is 2.67. The van der Waals surface area contributed by atoms with Crippen LogP contribution in [0.1, 0.15) is 47.2 Å². The Labute approximate surface area is 142 Å². The number of aryl methyl sites for hydroxylation is 1. The molecule has 23 heavy (non-hydrogen) atoms. The minimum absolute atomic E-state index is 0. The lowest BCUT2D eigenvalue weighted by atomic mass is 10.0. The van der Waals surface area contributed by atoms with Crippen molar-refractivity contribution in [2.24, 2.45) is 0 Å². The van der Waals surface area contributed by atoms with Crippen molar-refractivity contribution in [3.05, 3.63) is 53.6 Å². The van der Waals surface area contributed by atoms with Crippen LogP contribution in [0.5, 0.6) is 0 Å². The maximum absolute atomic E-state index is 12.3. The van der Waals surface area contributed by atoms with Crippen molar-refractivity contribution in [2.75, 3.05) is 11.9 Å². The van der Waals surface area contributed by atoms with Crippen LogP contribution in [0, 0.1) is 6.92 Å². The van der Waals surface area contributed by atoms with E-state index < -0.39 is 0 Å². The minimum atomic E-state index is -0.174. The zero-order valence-electron chi connectivity index (χ0n) is 13.1. The van der Waals surface area contributed by atoms with Gasteiger partial charge in [0.2, 0.25) is 0 Å². The van der Waals surface area contributed by atoms with Gasteiger partial charge in [-0.1, -0.05) is 24.6 Å². The smallest absolute Gasteiger partial charge is 0.259 e. The molecular weight excluding hydrogens is 312 g/mol. The molecule has 1 aromatic heterocycles. The molecule has 0 saturated carbocycles. The third-order valence-electron chi connectivity index (χ3n) is 3.90. The van der Waals surface area contributed by atoms with Gasteiger partial charge in [-0.25, -0.2) is 9.97 Å². The van der Waals surface area contributed by atoms with E-state index in [0.29, 0.717) is 11.3 Å². The molecule has 2 aromatic rings. The third kappa shape index (κ3) is 4.27. The van der Waals surface area contributed by atoms with Crippen LogP contribution in [0.4, 0.5) is 5.69 Å². The Bertz CT molecular complexity index is 657. The second-order valence-corrected chi connectivity index (χ2v) is 5.55. The number of anilines is 1. The number of nitrogens with one attached hydrogen (secondary N) is 2. The quantitative estimate of drug-likeness (QED) is 0.905. The molecule has 0 spiro atoms. The predicted octanol–water partition coefficient (Wildman–Crippen LogP) is 3.27. The second-order valence-electron chi connectivity index (χ2n) is 5.55. The number of rotatable bonds is 3. The molecule has 3 rings (SSSR count). The van der Waals surface area contributed by atoms with Gasteiger partial charge in [-0.15, -0.1) is 12.4 Å². The van der Waals surface area contributed by atoms with Crippen LogP contribution in [0.2, 0.25) is 0 Å². The van der Waals surface area contributed by atoms with Gasteiger partial charge in [-0.3, -0.25) is 4.79 Å². The highest BCUT2D eigenvalue weighted by Crippen LogP contribution is 2.20. The lowest BCUT2D eigenvalue weighted by molar-refractivity contribution is 0.102. The van der Waals surface area contributed by atoms with Crippen LogP contribution < -0.4 is 10.6 Å².